The molecule has 0 heterocycles. The maximum Gasteiger partial charge on any atom is 0.430 e. The maximum absolute atomic E-state index is 14.4. The summed E-state index contributed by atoms with van der Waals surface area (Å²) in [6.45, 7) is 5.32. The molecule has 8 rings (SSSR count). The lowest BCUT2D eigenvalue weighted by molar-refractivity contribution is -0.376. The van der Waals surface area contributed by atoms with Crippen LogP contribution in [0.4, 0.5) is 256 Å². The number of nitrogens with two attached hydrogens (primary N) is 8. The highest BCUT2D eigenvalue weighted by Gasteiger charge is 2.80. The molecule has 8 aromatic rings. The van der Waals surface area contributed by atoms with Crippen LogP contribution in [0.15, 0.2) is 152 Å². The van der Waals surface area contributed by atoms with Gasteiger partial charge >= 0.3 is 98.8 Å². The average Bonchev–Trinajstić information content (AvgIpc) is 0.384. The van der Waals surface area contributed by atoms with Gasteiger partial charge in [-0.05, 0) is 142 Å². The third-order valence-corrected chi connectivity index (χ3v) is 21.7. The molecule has 8 aromatic carbocycles. The predicted molar refractivity (Wildman–Crippen MR) is 395 cm³/mol. The van der Waals surface area contributed by atoms with Crippen molar-refractivity contribution in [2.45, 2.75) is 182 Å². The zero-order chi connectivity index (χ0) is 111. The van der Waals surface area contributed by atoms with Crippen LogP contribution in [-0.2, 0) is 55.5 Å². The van der Waals surface area contributed by atoms with Crippen LogP contribution < -0.4 is 45.9 Å². The van der Waals surface area contributed by atoms with Crippen molar-refractivity contribution in [3.63, 3.8) is 0 Å². The number of hydrogen-bond donors (Lipinski definition) is 15. The molecule has 0 radical (unpaired) electrons. The Morgan fingerprint density at radius 2 is 0.284 bits per heavy atom. The van der Waals surface area contributed by atoms with Crippen LogP contribution in [0.25, 0.3) is 11.1 Å². The average molecular weight is 2130 g/mol. The zero-order valence-corrected chi connectivity index (χ0v) is 68.8. The van der Waals surface area contributed by atoms with Crippen molar-refractivity contribution >= 4 is 45.5 Å². The van der Waals surface area contributed by atoms with Gasteiger partial charge in [-0.1, -0.05) is 82.3 Å². The van der Waals surface area contributed by atoms with Crippen LogP contribution in [0.3, 0.4) is 0 Å². The first kappa shape index (κ1) is 120. The minimum Gasteiger partial charge on any atom is -0.399 e. The van der Waals surface area contributed by atoms with E-state index in [1.54, 1.807) is 38.1 Å². The number of rotatable bonds is 14. The fraction of sp³-hybridized carbons (Fsp3) is 0.385. The molecule has 63 heteroatoms. The van der Waals surface area contributed by atoms with Gasteiger partial charge in [0.15, 0.2) is 0 Å². The van der Waals surface area contributed by atoms with Gasteiger partial charge in [-0.3, -0.25) is 0 Å². The maximum atomic E-state index is 14.4. The van der Waals surface area contributed by atoms with E-state index < -0.39 is 291 Å². The van der Waals surface area contributed by atoms with Gasteiger partial charge in [0.05, 0.1) is 0 Å². The first-order valence-corrected chi connectivity index (χ1v) is 36.4. The fourth-order valence-corrected chi connectivity index (χ4v) is 13.6. The van der Waals surface area contributed by atoms with Crippen LogP contribution in [0.2, 0.25) is 0 Å². The van der Waals surface area contributed by atoms with Gasteiger partial charge in [-0.2, -0.15) is 211 Å². The molecule has 0 amide bonds. The highest BCUT2D eigenvalue weighted by Crippen LogP contribution is 2.64. The van der Waals surface area contributed by atoms with Gasteiger partial charge in [-0.15, -0.1) is 0 Å². The molecule has 0 fully saturated rings. The SMILES string of the molecule is CC(C)(c1ccc(N)c(C(O)(C(F)(F)F)C(F)(F)F)c1)c1ccc(N)c(C(O)(C(F)(F)F)C(F)(F)F)c1.CC(C)(c1ccc(N)cc1)c1ccc(N)c(C(O)(C(F)(F)F)C(F)(F)F)c1.Nc1ccc(-c2ccc(N)c(C(O)(C(F)(F)F)C(F)(F)F)c2)cc1C(O)(C(F)(F)F)C(F)(F)F.Nc1ccc(C(c2ccc(N)c(C(O)(C(F)(F)F)C(F)(F)F)c2)(C(F)(F)F)C(F)(F)F)cc1C(O)(C(F)(F)F)C(F)(F)F. The summed E-state index contributed by atoms with van der Waals surface area (Å²) in [6, 6.07) is 10.5. The minimum atomic E-state index is -7.05. The molecule has 0 saturated carbocycles. The van der Waals surface area contributed by atoms with Crippen LogP contribution in [0, 0.1) is 0 Å². The number of anilines is 8. The second-order valence-corrected chi connectivity index (χ2v) is 31.2. The van der Waals surface area contributed by atoms with E-state index in [0.29, 0.717) is 53.7 Å². The Balaban J connectivity index is 0.000000335. The molecule has 141 heavy (non-hydrogen) atoms. The van der Waals surface area contributed by atoms with E-state index >= 15 is 0 Å². The van der Waals surface area contributed by atoms with Crippen molar-refractivity contribution < 1.29 is 246 Å². The smallest absolute Gasteiger partial charge is 0.399 e. The van der Waals surface area contributed by atoms with Crippen molar-refractivity contribution in [2.75, 3.05) is 45.9 Å². The third kappa shape index (κ3) is 20.7. The zero-order valence-electron chi connectivity index (χ0n) is 68.8. The summed E-state index contributed by atoms with van der Waals surface area (Å²) < 4.78 is 646. The molecular weight excluding hydrogens is 2070 g/mol. The Morgan fingerprint density at radius 1 is 0.156 bits per heavy atom. The lowest BCUT2D eigenvalue weighted by atomic mass is 9.70. The fourth-order valence-electron chi connectivity index (χ4n) is 13.6. The first-order chi connectivity index (χ1) is 62.1. The van der Waals surface area contributed by atoms with Crippen LogP contribution in [0.5, 0.6) is 0 Å². The second kappa shape index (κ2) is 36.7. The third-order valence-electron chi connectivity index (χ3n) is 21.7. The van der Waals surface area contributed by atoms with E-state index in [4.69, 9.17) is 45.9 Å². The Hall–Kier alpha value is -11.5. The molecule has 0 atom stereocenters. The molecule has 0 saturated heterocycles. The van der Waals surface area contributed by atoms with E-state index in [-0.39, 0.29) is 42.0 Å². The molecule has 0 bridgehead atoms. The molecule has 23 N–H and O–H groups in total. The van der Waals surface area contributed by atoms with Gasteiger partial charge in [0.25, 0.3) is 39.2 Å². The molecule has 0 unspecified atom stereocenters. The number of hydrogen-bond acceptors (Lipinski definition) is 15. The lowest BCUT2D eigenvalue weighted by Gasteiger charge is -2.41. The van der Waals surface area contributed by atoms with Crippen molar-refractivity contribution in [1.29, 1.82) is 0 Å². The molecular formula is C78H60F48N8O7. The molecule has 0 spiro atoms. The van der Waals surface area contributed by atoms with Crippen molar-refractivity contribution in [2.24, 2.45) is 0 Å². The molecule has 0 aliphatic carbocycles. The Labute approximate surface area is 753 Å². The summed E-state index contributed by atoms with van der Waals surface area (Å²) in [4.78, 5) is 0. The standard InChI is InChI=1S/C21H12F18N2O2.C21H18F12N2O2.C18H12F12N2O2.C18H18F6N2O/c22-16(23,24)13(17(25,26)27,7-1-3-11(40)9(5-7)14(42,18(28,29)30)19(31,32)33)8-2-4-12(41)10(6-8)15(43,20(34,35)36)21(37,38)39;1-15(2,9-3-5-13(34)11(7-9)16(36,18(22,23)24)19(25,26)27)10-4-6-14(35)12(8-10)17(37,20(28,29)30)21(31,32)33;19-15(20,21)13(33,16(22,23)24)9-5-7(1-3-11(9)31)8-2-4-12(32)10(6-8)14(34,17(25,26)27)18(28,29)30;1-15(2,10-3-6-12(25)7-4-10)11-5-8-14(26)13(9-11)16(27,17(19,20)21)18(22,23)24/h1-6,42-43H,40-41H2;3-8,36-37H,34-35H2,1-2H3;1-6,33-34H,31-32H2;3-9,27H,25-26H2,1-2H3. The second-order valence-electron chi connectivity index (χ2n) is 31.2. The largest absolute Gasteiger partial charge is 0.430 e. The molecule has 15 nitrogen and oxygen atoms in total. The summed E-state index contributed by atoms with van der Waals surface area (Å²) in [5.41, 5.74) is -37.9. The molecule has 790 valence electrons. The topological polar surface area (TPSA) is 350 Å². The van der Waals surface area contributed by atoms with Crippen LogP contribution >= 0.6 is 0 Å². The highest BCUT2D eigenvalue weighted by molar-refractivity contribution is 5.73. The van der Waals surface area contributed by atoms with E-state index in [1.807, 2.05) is 0 Å². The van der Waals surface area contributed by atoms with Crippen molar-refractivity contribution in [3.05, 3.63) is 224 Å². The summed E-state index contributed by atoms with van der Waals surface area (Å²) in [7, 11) is 0. The first-order valence-electron chi connectivity index (χ1n) is 36.4. The normalized spacial score (nSPS) is 14.6. The number of benzene rings is 8. The van der Waals surface area contributed by atoms with Crippen LogP contribution in [0.1, 0.15) is 100 Å². The Bertz CT molecular complexity index is 5430. The van der Waals surface area contributed by atoms with Gasteiger partial charge in [0.2, 0.25) is 5.41 Å². The number of alkyl halides is 48. The summed E-state index contributed by atoms with van der Waals surface area (Å²) in [5.74, 6) is 0. The van der Waals surface area contributed by atoms with Gasteiger partial charge in [0, 0.05) is 95.3 Å². The van der Waals surface area contributed by atoms with Gasteiger partial charge < -0.3 is 81.6 Å². The summed E-state index contributed by atoms with van der Waals surface area (Å²) in [5, 5.41) is 67.4. The van der Waals surface area contributed by atoms with Crippen molar-refractivity contribution in [1.82, 2.24) is 0 Å². The van der Waals surface area contributed by atoms with E-state index in [2.05, 4.69) is 0 Å². The number of aliphatic hydroxyl groups is 7. The molecule has 0 aliphatic rings. The lowest BCUT2D eigenvalue weighted by Crippen LogP contribution is -2.57. The number of halogens is 48. The molecule has 0 aliphatic heterocycles. The van der Waals surface area contributed by atoms with Gasteiger partial charge in [0.1, 0.15) is 0 Å². The van der Waals surface area contributed by atoms with E-state index in [9.17, 15) is 246 Å². The summed E-state index contributed by atoms with van der Waals surface area (Å²) in [6.07, 6.45) is -105. The minimum absolute atomic E-state index is 0.00809. The van der Waals surface area contributed by atoms with Crippen molar-refractivity contribution in [3.8, 4) is 11.1 Å². The number of nitrogen functional groups attached to an aromatic ring is 8. The Kier molecular flexibility index (Phi) is 31.3. The van der Waals surface area contributed by atoms with Gasteiger partial charge in [-0.25, -0.2) is 0 Å². The quantitative estimate of drug-likeness (QED) is 0.0355. The molecule has 0 aromatic heterocycles. The van der Waals surface area contributed by atoms with Crippen LogP contribution in [-0.4, -0.2) is 135 Å². The van der Waals surface area contributed by atoms with E-state index in [1.165, 1.54) is 6.07 Å². The highest BCUT2D eigenvalue weighted by atomic mass is 19.5. The Morgan fingerprint density at radius 3 is 0.440 bits per heavy atom. The summed E-state index contributed by atoms with van der Waals surface area (Å²) >= 11 is 0. The monoisotopic (exact) mass is 2130 g/mol. The predicted octanol–water partition coefficient (Wildman–Crippen LogP) is 22.3. The van der Waals surface area contributed by atoms with E-state index in [0.717, 1.165) is 32.0 Å².